The van der Waals surface area contributed by atoms with Crippen molar-refractivity contribution in [2.45, 2.75) is 31.4 Å². The lowest BCUT2D eigenvalue weighted by Gasteiger charge is -2.21. The Bertz CT molecular complexity index is 2010. The molecule has 0 aromatic heterocycles. The quantitative estimate of drug-likeness (QED) is 0.128. The van der Waals surface area contributed by atoms with Gasteiger partial charge in [-0.15, -0.1) is 0 Å². The van der Waals surface area contributed by atoms with Crippen LogP contribution in [0.4, 0.5) is 10.5 Å². The van der Waals surface area contributed by atoms with Gasteiger partial charge in [-0.25, -0.2) is 9.59 Å². The molecule has 0 saturated heterocycles. The molecule has 0 bridgehead atoms. The van der Waals surface area contributed by atoms with E-state index in [1.54, 1.807) is 25.1 Å². The van der Waals surface area contributed by atoms with Crippen molar-refractivity contribution in [3.05, 3.63) is 143 Å². The number of rotatable bonds is 11. The van der Waals surface area contributed by atoms with Crippen molar-refractivity contribution < 1.29 is 33.7 Å². The minimum atomic E-state index is -1.00. The molecule has 0 aliphatic heterocycles. The van der Waals surface area contributed by atoms with Crippen LogP contribution in [-0.4, -0.2) is 48.9 Å². The molecule has 0 spiro atoms. The molecule has 50 heavy (non-hydrogen) atoms. The third-order valence-electron chi connectivity index (χ3n) is 9.14. The third-order valence-corrected chi connectivity index (χ3v) is 9.14. The standard InChI is InChI=1S/C41H36N2O7/c1-2-48-38(45)24-49-39-34-14-8-7-11-30(34)33-20-17-26(22-35(33)39)42-40(46)37(21-25-15-18-27(44)19-16-25)43-41(47)50-23-36-31-12-5-3-9-28(31)29-10-4-6-13-32(29)36/h3-20,22,36-37,39,44H,2,21,23-24H2,1H3,(H,42,46)(H,43,47)/t37-,39?/m0/s1. The second kappa shape index (κ2) is 14.3. The van der Waals surface area contributed by atoms with E-state index in [2.05, 4.69) is 22.8 Å². The molecule has 0 heterocycles. The SMILES string of the molecule is CCOC(=O)COC1c2ccccc2-c2ccc(NC(=O)[C@H](Cc3ccc(O)cc3)NC(=O)OCC3c4ccccc4-c4ccccc43)cc21. The molecule has 5 aromatic carbocycles. The summed E-state index contributed by atoms with van der Waals surface area (Å²) in [6.07, 6.45) is -1.10. The number of nitrogens with one attached hydrogen (secondary N) is 2. The fraction of sp³-hybridized carbons (Fsp3) is 0.195. The van der Waals surface area contributed by atoms with Gasteiger partial charge in [-0.1, -0.05) is 91.0 Å². The van der Waals surface area contributed by atoms with Crippen LogP contribution >= 0.6 is 0 Å². The lowest BCUT2D eigenvalue weighted by molar-refractivity contribution is -0.149. The number of aromatic hydroxyl groups is 1. The van der Waals surface area contributed by atoms with Gasteiger partial charge in [0.05, 0.1) is 6.61 Å². The van der Waals surface area contributed by atoms with Crippen LogP contribution in [0.2, 0.25) is 0 Å². The molecule has 1 unspecified atom stereocenters. The van der Waals surface area contributed by atoms with Crippen molar-refractivity contribution >= 4 is 23.7 Å². The second-order valence-corrected chi connectivity index (χ2v) is 12.3. The van der Waals surface area contributed by atoms with E-state index < -0.39 is 30.1 Å². The van der Waals surface area contributed by atoms with Gasteiger partial charge in [0.2, 0.25) is 5.91 Å². The number of benzene rings is 5. The zero-order chi connectivity index (χ0) is 34.6. The zero-order valence-corrected chi connectivity index (χ0v) is 27.4. The van der Waals surface area contributed by atoms with Gasteiger partial charge in [-0.05, 0) is 81.3 Å². The largest absolute Gasteiger partial charge is 0.508 e. The van der Waals surface area contributed by atoms with Crippen molar-refractivity contribution in [1.29, 1.82) is 0 Å². The van der Waals surface area contributed by atoms with Gasteiger partial charge in [0, 0.05) is 18.0 Å². The van der Waals surface area contributed by atoms with Gasteiger partial charge in [-0.2, -0.15) is 0 Å². The molecular weight excluding hydrogens is 632 g/mol. The van der Waals surface area contributed by atoms with Crippen LogP contribution in [-0.2, 0) is 30.2 Å². The molecule has 2 aliphatic carbocycles. The number of anilines is 1. The minimum absolute atomic E-state index is 0.0955. The van der Waals surface area contributed by atoms with E-state index in [1.807, 2.05) is 72.8 Å². The Labute approximate surface area is 289 Å². The Morgan fingerprint density at radius 1 is 0.720 bits per heavy atom. The van der Waals surface area contributed by atoms with Crippen LogP contribution in [0.15, 0.2) is 115 Å². The van der Waals surface area contributed by atoms with Gasteiger partial charge in [0.1, 0.15) is 31.1 Å². The number of ether oxygens (including phenoxy) is 3. The molecule has 0 radical (unpaired) electrons. The van der Waals surface area contributed by atoms with Crippen molar-refractivity contribution in [2.24, 2.45) is 0 Å². The summed E-state index contributed by atoms with van der Waals surface area (Å²) >= 11 is 0. The maximum absolute atomic E-state index is 13.9. The molecule has 9 heteroatoms. The number of carbonyl (C=O) groups is 3. The number of amides is 2. The smallest absolute Gasteiger partial charge is 0.407 e. The number of carbonyl (C=O) groups excluding carboxylic acids is 3. The highest BCUT2D eigenvalue weighted by atomic mass is 16.6. The van der Waals surface area contributed by atoms with Crippen LogP contribution in [0.25, 0.3) is 22.3 Å². The van der Waals surface area contributed by atoms with Crippen molar-refractivity contribution in [3.8, 4) is 28.0 Å². The molecule has 252 valence electrons. The first-order valence-electron chi connectivity index (χ1n) is 16.6. The van der Waals surface area contributed by atoms with E-state index in [0.29, 0.717) is 5.69 Å². The van der Waals surface area contributed by atoms with E-state index in [1.165, 1.54) is 12.1 Å². The minimum Gasteiger partial charge on any atom is -0.508 e. The first-order valence-corrected chi connectivity index (χ1v) is 16.6. The van der Waals surface area contributed by atoms with Gasteiger partial charge in [-0.3, -0.25) is 4.79 Å². The Kier molecular flexibility index (Phi) is 9.31. The fourth-order valence-electron chi connectivity index (χ4n) is 6.86. The van der Waals surface area contributed by atoms with Crippen molar-refractivity contribution in [1.82, 2.24) is 5.32 Å². The molecule has 2 aliphatic rings. The van der Waals surface area contributed by atoms with E-state index in [-0.39, 0.29) is 37.9 Å². The first kappa shape index (κ1) is 32.6. The molecule has 2 amide bonds. The Hall–Kier alpha value is -5.93. The van der Waals surface area contributed by atoms with Crippen LogP contribution < -0.4 is 10.6 Å². The molecule has 0 fully saturated rings. The number of esters is 1. The molecular formula is C41H36N2O7. The predicted octanol–water partition coefficient (Wildman–Crippen LogP) is 7.13. The molecule has 0 saturated carbocycles. The first-order chi connectivity index (χ1) is 24.4. The second-order valence-electron chi connectivity index (χ2n) is 12.3. The lowest BCUT2D eigenvalue weighted by Crippen LogP contribution is -2.45. The monoisotopic (exact) mass is 668 g/mol. The summed E-state index contributed by atoms with van der Waals surface area (Å²) < 4.78 is 16.9. The number of hydrogen-bond donors (Lipinski definition) is 3. The summed E-state index contributed by atoms with van der Waals surface area (Å²) in [6.45, 7) is 1.88. The molecule has 7 rings (SSSR count). The predicted molar refractivity (Wildman–Crippen MR) is 189 cm³/mol. The molecule has 9 nitrogen and oxygen atoms in total. The van der Waals surface area contributed by atoms with E-state index in [9.17, 15) is 19.5 Å². The van der Waals surface area contributed by atoms with Crippen molar-refractivity contribution in [3.63, 3.8) is 0 Å². The molecule has 2 atom stereocenters. The summed E-state index contributed by atoms with van der Waals surface area (Å²) in [5.74, 6) is -0.949. The highest BCUT2D eigenvalue weighted by Gasteiger charge is 2.32. The maximum atomic E-state index is 13.9. The average molecular weight is 669 g/mol. The summed E-state index contributed by atoms with van der Waals surface area (Å²) in [5.41, 5.74) is 9.27. The number of hydrogen-bond acceptors (Lipinski definition) is 7. The number of fused-ring (bicyclic) bond motifs is 6. The Morgan fingerprint density at radius 3 is 1.98 bits per heavy atom. The van der Waals surface area contributed by atoms with Gasteiger partial charge >= 0.3 is 12.1 Å². The average Bonchev–Trinajstić information content (AvgIpc) is 3.62. The highest BCUT2D eigenvalue weighted by Crippen LogP contribution is 2.46. The normalized spacial score (nSPS) is 14.5. The third kappa shape index (κ3) is 6.68. The lowest BCUT2D eigenvalue weighted by atomic mass is 9.98. The van der Waals surface area contributed by atoms with E-state index >= 15 is 0 Å². The Morgan fingerprint density at radius 2 is 1.32 bits per heavy atom. The zero-order valence-electron chi connectivity index (χ0n) is 27.4. The summed E-state index contributed by atoms with van der Waals surface area (Å²) in [4.78, 5) is 39.3. The van der Waals surface area contributed by atoms with Crippen LogP contribution in [0.1, 0.15) is 46.8 Å². The van der Waals surface area contributed by atoms with Gasteiger partial charge < -0.3 is 30.0 Å². The topological polar surface area (TPSA) is 123 Å². The van der Waals surface area contributed by atoms with Crippen molar-refractivity contribution in [2.75, 3.05) is 25.1 Å². The summed E-state index contributed by atoms with van der Waals surface area (Å²) in [5, 5.41) is 15.5. The summed E-state index contributed by atoms with van der Waals surface area (Å²) in [7, 11) is 0. The number of phenolic OH excluding ortho intramolecular Hbond substituents is 1. The number of phenols is 1. The molecule has 5 aromatic rings. The number of alkyl carbamates (subject to hydrolysis) is 1. The Balaban J connectivity index is 1.09. The maximum Gasteiger partial charge on any atom is 0.407 e. The summed E-state index contributed by atoms with van der Waals surface area (Å²) in [6, 6.07) is 35.0. The van der Waals surface area contributed by atoms with Gasteiger partial charge in [0.15, 0.2) is 0 Å². The highest BCUT2D eigenvalue weighted by molar-refractivity contribution is 5.97. The van der Waals surface area contributed by atoms with Gasteiger partial charge in [0.25, 0.3) is 0 Å². The van der Waals surface area contributed by atoms with Crippen LogP contribution in [0.5, 0.6) is 5.75 Å². The van der Waals surface area contributed by atoms with Crippen LogP contribution in [0.3, 0.4) is 0 Å². The van der Waals surface area contributed by atoms with E-state index in [4.69, 9.17) is 14.2 Å². The fourth-order valence-corrected chi connectivity index (χ4v) is 6.86. The molecule has 3 N–H and O–H groups in total. The van der Waals surface area contributed by atoms with Crippen LogP contribution in [0, 0.1) is 0 Å². The van der Waals surface area contributed by atoms with E-state index in [0.717, 1.165) is 50.1 Å².